The molecular weight excluding hydrogens is 234 g/mol. The minimum Gasteiger partial charge on any atom is -0.368 e. The number of hydrogen-bond acceptors (Lipinski definition) is 4. The smallest absolute Gasteiger partial charge is 0.252 e. The maximum Gasteiger partial charge on any atom is 0.252 e. The highest BCUT2D eigenvalue weighted by Gasteiger charge is 2.36. The van der Waals surface area contributed by atoms with E-state index in [2.05, 4.69) is 10.6 Å². The second-order valence-electron chi connectivity index (χ2n) is 4.65. The number of hydrogen-bond donors (Lipinski definition) is 2. The minimum absolute atomic E-state index is 0.0368. The highest BCUT2D eigenvalue weighted by atomic mass is 16.5. The first-order valence-corrected chi connectivity index (χ1v) is 6.64. The van der Waals surface area contributed by atoms with Crippen LogP contribution in [0.5, 0.6) is 0 Å². The molecule has 2 amide bonds. The van der Waals surface area contributed by atoms with Crippen molar-refractivity contribution >= 4 is 11.8 Å². The van der Waals surface area contributed by atoms with Crippen LogP contribution in [0.4, 0.5) is 0 Å². The zero-order valence-electron chi connectivity index (χ0n) is 10.8. The van der Waals surface area contributed by atoms with Crippen LogP contribution in [0.25, 0.3) is 0 Å². The van der Waals surface area contributed by atoms with Crippen LogP contribution in [0.15, 0.2) is 0 Å². The number of carbonyl (C=O) groups is 2. The number of amides is 2. The van der Waals surface area contributed by atoms with Gasteiger partial charge in [-0.1, -0.05) is 0 Å². The lowest BCUT2D eigenvalue weighted by atomic mass is 10.1. The van der Waals surface area contributed by atoms with E-state index >= 15 is 0 Å². The van der Waals surface area contributed by atoms with Gasteiger partial charge in [0, 0.05) is 32.8 Å². The van der Waals surface area contributed by atoms with Crippen LogP contribution in [0.1, 0.15) is 19.8 Å². The highest BCUT2D eigenvalue weighted by Crippen LogP contribution is 2.17. The first-order chi connectivity index (χ1) is 8.74. The lowest BCUT2D eigenvalue weighted by Crippen LogP contribution is -2.61. The van der Waals surface area contributed by atoms with E-state index in [9.17, 15) is 9.59 Å². The summed E-state index contributed by atoms with van der Waals surface area (Å²) in [6.07, 6.45) is 1.35. The molecule has 0 spiro atoms. The van der Waals surface area contributed by atoms with Crippen molar-refractivity contribution in [3.05, 3.63) is 0 Å². The van der Waals surface area contributed by atoms with Gasteiger partial charge in [-0.05, 0) is 19.8 Å². The Bertz CT molecular complexity index is 316. The van der Waals surface area contributed by atoms with Gasteiger partial charge in [0.1, 0.15) is 12.1 Å². The largest absolute Gasteiger partial charge is 0.368 e. The molecular formula is C12H21N3O3. The van der Waals surface area contributed by atoms with Gasteiger partial charge in [-0.15, -0.1) is 0 Å². The fraction of sp³-hybridized carbons (Fsp3) is 0.833. The van der Waals surface area contributed by atoms with Crippen LogP contribution in [0.2, 0.25) is 0 Å². The van der Waals surface area contributed by atoms with Gasteiger partial charge in [0.2, 0.25) is 5.91 Å². The van der Waals surface area contributed by atoms with Gasteiger partial charge in [0.25, 0.3) is 5.91 Å². The van der Waals surface area contributed by atoms with Crippen LogP contribution < -0.4 is 10.6 Å². The lowest BCUT2D eigenvalue weighted by molar-refractivity contribution is -0.148. The van der Waals surface area contributed by atoms with Gasteiger partial charge in [-0.25, -0.2) is 0 Å². The summed E-state index contributed by atoms with van der Waals surface area (Å²) < 4.78 is 5.41. The fourth-order valence-corrected chi connectivity index (χ4v) is 2.45. The molecule has 2 N–H and O–H groups in total. The molecule has 0 radical (unpaired) electrons. The van der Waals surface area contributed by atoms with Crippen molar-refractivity contribution in [1.82, 2.24) is 15.5 Å². The fourth-order valence-electron chi connectivity index (χ4n) is 2.45. The molecule has 1 unspecified atom stereocenters. The molecule has 102 valence electrons. The number of likely N-dealkylation sites (N-methyl/N-ethyl adjacent to an activating group) is 1. The van der Waals surface area contributed by atoms with Crippen molar-refractivity contribution in [1.29, 1.82) is 0 Å². The average Bonchev–Trinajstić information content (AvgIpc) is 2.92. The van der Waals surface area contributed by atoms with E-state index in [-0.39, 0.29) is 17.9 Å². The van der Waals surface area contributed by atoms with Gasteiger partial charge in [0.15, 0.2) is 0 Å². The minimum atomic E-state index is -0.407. The Morgan fingerprint density at radius 3 is 3.00 bits per heavy atom. The molecule has 0 saturated carbocycles. The summed E-state index contributed by atoms with van der Waals surface area (Å²) in [6.45, 7) is 4.92. The van der Waals surface area contributed by atoms with E-state index in [0.29, 0.717) is 26.2 Å². The van der Waals surface area contributed by atoms with E-state index in [1.54, 1.807) is 4.90 Å². The second-order valence-corrected chi connectivity index (χ2v) is 4.65. The molecule has 0 aromatic carbocycles. The average molecular weight is 255 g/mol. The third-order valence-electron chi connectivity index (χ3n) is 3.39. The Morgan fingerprint density at radius 1 is 1.50 bits per heavy atom. The summed E-state index contributed by atoms with van der Waals surface area (Å²) in [7, 11) is 0. The van der Waals surface area contributed by atoms with Gasteiger partial charge in [-0.3, -0.25) is 9.59 Å². The molecule has 2 saturated heterocycles. The lowest BCUT2D eigenvalue weighted by Gasteiger charge is -2.36. The molecule has 0 aromatic heterocycles. The molecule has 0 aromatic rings. The van der Waals surface area contributed by atoms with E-state index in [4.69, 9.17) is 4.74 Å². The van der Waals surface area contributed by atoms with E-state index in [0.717, 1.165) is 19.4 Å². The van der Waals surface area contributed by atoms with Crippen molar-refractivity contribution < 1.29 is 14.3 Å². The van der Waals surface area contributed by atoms with Crippen molar-refractivity contribution in [2.45, 2.75) is 31.9 Å². The number of ether oxygens (including phenoxy) is 1. The van der Waals surface area contributed by atoms with Crippen molar-refractivity contribution in [3.8, 4) is 0 Å². The number of carbonyl (C=O) groups excluding carboxylic acids is 2. The molecule has 2 fully saturated rings. The van der Waals surface area contributed by atoms with Gasteiger partial charge in [-0.2, -0.15) is 0 Å². The number of rotatable bonds is 3. The van der Waals surface area contributed by atoms with E-state index in [1.807, 2.05) is 6.92 Å². The molecule has 2 aliphatic rings. The number of piperazine rings is 1. The Hall–Kier alpha value is -1.14. The van der Waals surface area contributed by atoms with Gasteiger partial charge < -0.3 is 20.3 Å². The summed E-state index contributed by atoms with van der Waals surface area (Å²) in [4.78, 5) is 25.9. The molecule has 6 heteroatoms. The predicted molar refractivity (Wildman–Crippen MR) is 66.0 cm³/mol. The summed E-state index contributed by atoms with van der Waals surface area (Å²) in [6, 6.07) is -0.407. The van der Waals surface area contributed by atoms with Gasteiger partial charge in [0.05, 0.1) is 0 Å². The summed E-state index contributed by atoms with van der Waals surface area (Å²) >= 11 is 0. The summed E-state index contributed by atoms with van der Waals surface area (Å²) in [5.41, 5.74) is 0. The summed E-state index contributed by atoms with van der Waals surface area (Å²) in [5, 5.41) is 5.93. The van der Waals surface area contributed by atoms with E-state index in [1.165, 1.54) is 0 Å². The van der Waals surface area contributed by atoms with Crippen LogP contribution in [0, 0.1) is 0 Å². The second kappa shape index (κ2) is 6.15. The summed E-state index contributed by atoms with van der Waals surface area (Å²) in [5.74, 6) is -0.124. The SMILES string of the molecule is CCNC(=O)C1CNCCN1C(=O)[C@H]1CCCO1. The van der Waals surface area contributed by atoms with Crippen molar-refractivity contribution in [2.24, 2.45) is 0 Å². The van der Waals surface area contributed by atoms with Crippen molar-refractivity contribution in [3.63, 3.8) is 0 Å². The molecule has 0 aliphatic carbocycles. The van der Waals surface area contributed by atoms with Gasteiger partial charge >= 0.3 is 0 Å². The molecule has 2 heterocycles. The molecule has 18 heavy (non-hydrogen) atoms. The van der Waals surface area contributed by atoms with Crippen LogP contribution in [-0.2, 0) is 14.3 Å². The Labute approximate surface area is 107 Å². The van der Waals surface area contributed by atoms with Crippen LogP contribution >= 0.6 is 0 Å². The predicted octanol–water partition coefficient (Wildman–Crippen LogP) is -0.898. The quantitative estimate of drug-likeness (QED) is 0.686. The first-order valence-electron chi connectivity index (χ1n) is 6.64. The third-order valence-corrected chi connectivity index (χ3v) is 3.39. The van der Waals surface area contributed by atoms with E-state index < -0.39 is 6.04 Å². The third kappa shape index (κ3) is 2.81. The zero-order valence-corrected chi connectivity index (χ0v) is 10.8. The zero-order chi connectivity index (χ0) is 13.0. The molecule has 2 rings (SSSR count). The first kappa shape index (κ1) is 13.3. The topological polar surface area (TPSA) is 70.7 Å². The van der Waals surface area contributed by atoms with Crippen LogP contribution in [-0.4, -0.2) is 61.6 Å². The van der Waals surface area contributed by atoms with Crippen molar-refractivity contribution in [2.75, 3.05) is 32.8 Å². The maximum absolute atomic E-state index is 12.3. The Balaban J connectivity index is 2.02. The number of nitrogens with one attached hydrogen (secondary N) is 2. The molecule has 0 bridgehead atoms. The normalized spacial score (nSPS) is 28.2. The molecule has 6 nitrogen and oxygen atoms in total. The standard InChI is InChI=1S/C12H21N3O3/c1-2-14-11(16)9-8-13-5-6-15(9)12(17)10-4-3-7-18-10/h9-10,13H,2-8H2,1H3,(H,14,16)/t9?,10-/m1/s1. The number of nitrogens with zero attached hydrogens (tertiary/aromatic N) is 1. The maximum atomic E-state index is 12.3. The molecule has 2 aliphatic heterocycles. The van der Waals surface area contributed by atoms with Crippen LogP contribution in [0.3, 0.4) is 0 Å². The monoisotopic (exact) mass is 255 g/mol. The molecule has 2 atom stereocenters. The highest BCUT2D eigenvalue weighted by molar-refractivity contribution is 5.90. The Morgan fingerprint density at radius 2 is 2.33 bits per heavy atom. The Kier molecular flexibility index (Phi) is 4.54.